The number of nitro benzene ring substituents is 1. The van der Waals surface area contributed by atoms with Crippen LogP contribution in [0, 0.1) is 16.0 Å². The van der Waals surface area contributed by atoms with E-state index < -0.39 is 0 Å². The van der Waals surface area contributed by atoms with Crippen LogP contribution >= 0.6 is 23.7 Å². The molecule has 0 unspecified atom stereocenters. The van der Waals surface area contributed by atoms with Gasteiger partial charge in [0.1, 0.15) is 0 Å². The van der Waals surface area contributed by atoms with Crippen LogP contribution in [0.4, 0.5) is 10.8 Å². The average molecular weight is 329 g/mol. The van der Waals surface area contributed by atoms with Gasteiger partial charge in [-0.15, -0.1) is 12.4 Å². The highest BCUT2D eigenvalue weighted by molar-refractivity contribution is 7.22. The second kappa shape index (κ2) is 7.02. The highest BCUT2D eigenvalue weighted by Crippen LogP contribution is 2.29. The molecule has 0 radical (unpaired) electrons. The zero-order valence-electron chi connectivity index (χ0n) is 11.4. The maximum atomic E-state index is 10.7. The van der Waals surface area contributed by atoms with Gasteiger partial charge in [0.05, 0.1) is 15.1 Å². The van der Waals surface area contributed by atoms with Crippen molar-refractivity contribution >= 4 is 44.8 Å². The van der Waals surface area contributed by atoms with E-state index in [9.17, 15) is 10.1 Å². The van der Waals surface area contributed by atoms with Gasteiger partial charge in [-0.3, -0.25) is 10.1 Å². The van der Waals surface area contributed by atoms with E-state index in [1.165, 1.54) is 25.0 Å². The third-order valence-corrected chi connectivity index (χ3v) is 4.58. The molecule has 114 valence electrons. The van der Waals surface area contributed by atoms with E-state index in [0.29, 0.717) is 11.4 Å². The summed E-state index contributed by atoms with van der Waals surface area (Å²) in [4.78, 5) is 14.8. The zero-order valence-corrected chi connectivity index (χ0v) is 13.0. The minimum atomic E-state index is -0.388. The second-order valence-corrected chi connectivity index (χ2v) is 6.03. The van der Waals surface area contributed by atoms with Gasteiger partial charge in [-0.1, -0.05) is 11.3 Å². The fourth-order valence-electron chi connectivity index (χ4n) is 2.42. The fourth-order valence-corrected chi connectivity index (χ4v) is 3.28. The molecule has 1 fully saturated rings. The molecule has 2 N–H and O–H groups in total. The first kappa shape index (κ1) is 15.9. The number of nitro groups is 1. The number of non-ortho nitro benzene ring substituents is 1. The van der Waals surface area contributed by atoms with Crippen LogP contribution in [0.1, 0.15) is 12.8 Å². The molecule has 2 heterocycles. The average Bonchev–Trinajstić information content (AvgIpc) is 2.88. The number of hydrogen-bond acceptors (Lipinski definition) is 6. The molecule has 6 nitrogen and oxygen atoms in total. The van der Waals surface area contributed by atoms with Crippen LogP contribution in [-0.4, -0.2) is 29.5 Å². The largest absolute Gasteiger partial charge is 0.361 e. The Morgan fingerprint density at radius 1 is 1.43 bits per heavy atom. The van der Waals surface area contributed by atoms with Gasteiger partial charge in [0.2, 0.25) is 0 Å². The van der Waals surface area contributed by atoms with E-state index in [1.54, 1.807) is 17.4 Å². The van der Waals surface area contributed by atoms with E-state index in [2.05, 4.69) is 15.6 Å². The first-order chi connectivity index (χ1) is 9.72. The first-order valence-electron chi connectivity index (χ1n) is 6.72. The van der Waals surface area contributed by atoms with Crippen LogP contribution in [0.3, 0.4) is 0 Å². The van der Waals surface area contributed by atoms with Crippen LogP contribution in [0.5, 0.6) is 0 Å². The van der Waals surface area contributed by atoms with Crippen LogP contribution in [0.2, 0.25) is 0 Å². The molecular weight excluding hydrogens is 312 g/mol. The van der Waals surface area contributed by atoms with Crippen LogP contribution < -0.4 is 10.6 Å². The van der Waals surface area contributed by atoms with Crippen molar-refractivity contribution in [2.75, 3.05) is 25.0 Å². The van der Waals surface area contributed by atoms with Crippen molar-refractivity contribution in [3.8, 4) is 0 Å². The Morgan fingerprint density at radius 3 is 2.90 bits per heavy atom. The number of benzene rings is 1. The van der Waals surface area contributed by atoms with Crippen molar-refractivity contribution in [1.82, 2.24) is 10.3 Å². The van der Waals surface area contributed by atoms with Crippen molar-refractivity contribution in [2.24, 2.45) is 5.92 Å². The van der Waals surface area contributed by atoms with Gasteiger partial charge in [-0.05, 0) is 37.9 Å². The van der Waals surface area contributed by atoms with E-state index >= 15 is 0 Å². The van der Waals surface area contributed by atoms with Gasteiger partial charge in [0.25, 0.3) is 5.69 Å². The lowest BCUT2D eigenvalue weighted by atomic mass is 9.98. The quantitative estimate of drug-likeness (QED) is 0.666. The van der Waals surface area contributed by atoms with Gasteiger partial charge in [0.15, 0.2) is 5.13 Å². The van der Waals surface area contributed by atoms with E-state index in [1.807, 2.05) is 0 Å². The van der Waals surface area contributed by atoms with Crippen LogP contribution in [0.15, 0.2) is 18.2 Å². The summed E-state index contributed by atoms with van der Waals surface area (Å²) in [6.07, 6.45) is 2.37. The highest BCUT2D eigenvalue weighted by Gasteiger charge is 2.14. The molecular formula is C13H17ClN4O2S. The Hall–Kier alpha value is -1.44. The monoisotopic (exact) mass is 328 g/mol. The summed E-state index contributed by atoms with van der Waals surface area (Å²) < 4.78 is 0.975. The molecule has 0 bridgehead atoms. The smallest absolute Gasteiger partial charge is 0.271 e. The molecule has 1 aromatic carbocycles. The van der Waals surface area contributed by atoms with Gasteiger partial charge >= 0.3 is 0 Å². The van der Waals surface area contributed by atoms with E-state index in [0.717, 1.165) is 29.5 Å². The number of fused-ring (bicyclic) bond motifs is 1. The maximum Gasteiger partial charge on any atom is 0.271 e. The highest BCUT2D eigenvalue weighted by atomic mass is 35.5. The lowest BCUT2D eigenvalue weighted by Crippen LogP contribution is -2.31. The molecule has 21 heavy (non-hydrogen) atoms. The number of nitrogens with one attached hydrogen (secondary N) is 2. The summed E-state index contributed by atoms with van der Waals surface area (Å²) in [5, 5.41) is 18.3. The molecule has 8 heteroatoms. The van der Waals surface area contributed by atoms with Crippen molar-refractivity contribution in [3.05, 3.63) is 28.3 Å². The number of aromatic nitrogens is 1. The minimum Gasteiger partial charge on any atom is -0.361 e. The molecule has 2 aromatic rings. The lowest BCUT2D eigenvalue weighted by molar-refractivity contribution is -0.384. The Bertz CT molecular complexity index is 628. The number of rotatable bonds is 4. The molecule has 0 amide bonds. The number of halogens is 1. The predicted molar refractivity (Wildman–Crippen MR) is 87.6 cm³/mol. The lowest BCUT2D eigenvalue weighted by Gasteiger charge is -2.22. The van der Waals surface area contributed by atoms with Gasteiger partial charge < -0.3 is 10.6 Å². The third-order valence-electron chi connectivity index (χ3n) is 3.58. The predicted octanol–water partition coefficient (Wildman–Crippen LogP) is 3.04. The summed E-state index contributed by atoms with van der Waals surface area (Å²) in [7, 11) is 0. The molecule has 0 spiro atoms. The van der Waals surface area contributed by atoms with Gasteiger partial charge in [-0.25, -0.2) is 4.98 Å². The number of thiazole rings is 1. The van der Waals surface area contributed by atoms with Gasteiger partial charge in [0, 0.05) is 18.7 Å². The van der Waals surface area contributed by atoms with Crippen LogP contribution in [0.25, 0.3) is 10.2 Å². The molecule has 1 aliphatic heterocycles. The number of anilines is 1. The van der Waals surface area contributed by atoms with E-state index in [4.69, 9.17) is 0 Å². The molecule has 3 rings (SSSR count). The maximum absolute atomic E-state index is 10.7. The Balaban J connectivity index is 0.00000161. The zero-order chi connectivity index (χ0) is 13.9. The minimum absolute atomic E-state index is 0. The molecule has 0 aliphatic carbocycles. The summed E-state index contributed by atoms with van der Waals surface area (Å²) in [6.45, 7) is 3.08. The number of piperidine rings is 1. The van der Waals surface area contributed by atoms with Crippen LogP contribution in [-0.2, 0) is 0 Å². The van der Waals surface area contributed by atoms with Crippen molar-refractivity contribution in [1.29, 1.82) is 0 Å². The number of nitrogens with zero attached hydrogens (tertiary/aromatic N) is 2. The molecule has 1 saturated heterocycles. The molecule has 1 aliphatic rings. The topological polar surface area (TPSA) is 80.1 Å². The fraction of sp³-hybridized carbons (Fsp3) is 0.462. The van der Waals surface area contributed by atoms with E-state index in [-0.39, 0.29) is 23.0 Å². The molecule has 0 atom stereocenters. The van der Waals surface area contributed by atoms with Crippen molar-refractivity contribution < 1.29 is 4.92 Å². The molecule has 1 aromatic heterocycles. The molecule has 0 saturated carbocycles. The Kier molecular flexibility index (Phi) is 5.33. The van der Waals surface area contributed by atoms with Gasteiger partial charge in [-0.2, -0.15) is 0 Å². The number of hydrogen-bond donors (Lipinski definition) is 2. The summed E-state index contributed by atoms with van der Waals surface area (Å²) in [5.41, 5.74) is 0.782. The standard InChI is InChI=1S/C13H16N4O2S.ClH/c18-17(19)10-1-2-12-11(7-10)16-13(20-12)15-8-9-3-5-14-6-4-9;/h1-2,7,9,14H,3-6,8H2,(H,15,16);1H. The summed E-state index contributed by atoms with van der Waals surface area (Å²) in [6, 6.07) is 4.82. The van der Waals surface area contributed by atoms with Crippen molar-refractivity contribution in [3.63, 3.8) is 0 Å². The SMILES string of the molecule is Cl.O=[N+]([O-])c1ccc2sc(NCC3CCNCC3)nc2c1. The van der Waals surface area contributed by atoms with Crippen molar-refractivity contribution in [2.45, 2.75) is 12.8 Å². The summed E-state index contributed by atoms with van der Waals surface area (Å²) >= 11 is 1.55. The Labute approximate surface area is 132 Å². The second-order valence-electron chi connectivity index (χ2n) is 5.00. The summed E-state index contributed by atoms with van der Waals surface area (Å²) in [5.74, 6) is 0.678. The third kappa shape index (κ3) is 3.81. The Morgan fingerprint density at radius 2 is 2.19 bits per heavy atom. The normalized spacial score (nSPS) is 15.6. The first-order valence-corrected chi connectivity index (χ1v) is 7.53.